The molecule has 3 N–H and O–H groups in total. The van der Waals surface area contributed by atoms with E-state index < -0.39 is 32.7 Å². The van der Waals surface area contributed by atoms with Crippen LogP contribution in [0.15, 0.2) is 35.2 Å². The summed E-state index contributed by atoms with van der Waals surface area (Å²) in [5, 5.41) is 15.0. The molecule has 2 saturated heterocycles. The van der Waals surface area contributed by atoms with Crippen LogP contribution in [0.1, 0.15) is 31.2 Å². The number of carbonyl (C=O) groups is 1. The molecule has 3 atom stereocenters. The Labute approximate surface area is 191 Å². The molecule has 10 heteroatoms. The molecular weight excluding hydrogens is 457 g/mol. The number of hydrogen-bond acceptors (Lipinski definition) is 5. The van der Waals surface area contributed by atoms with Crippen LogP contribution in [0.2, 0.25) is 5.02 Å². The number of anilines is 2. The van der Waals surface area contributed by atoms with E-state index in [9.17, 15) is 22.7 Å². The van der Waals surface area contributed by atoms with Crippen LogP contribution in [-0.4, -0.2) is 48.8 Å². The number of halogens is 2. The van der Waals surface area contributed by atoms with Crippen molar-refractivity contribution in [2.24, 2.45) is 0 Å². The molecule has 0 aromatic heterocycles. The Bertz CT molecular complexity index is 1160. The van der Waals surface area contributed by atoms with Crippen molar-refractivity contribution in [3.63, 3.8) is 0 Å². The maximum Gasteiger partial charge on any atom is 0.323 e. The molecule has 4 rings (SSSR count). The highest BCUT2D eigenvalue weighted by Gasteiger charge is 2.45. The number of aromatic hydroxyl groups is 1. The molecule has 2 aromatic carbocycles. The first-order valence-corrected chi connectivity index (χ1v) is 12.3. The van der Waals surface area contributed by atoms with E-state index in [1.54, 1.807) is 0 Å². The summed E-state index contributed by atoms with van der Waals surface area (Å²) >= 11 is 6.21. The summed E-state index contributed by atoms with van der Waals surface area (Å²) in [5.41, 5.74) is 0.407. The minimum Gasteiger partial charge on any atom is -0.504 e. The van der Waals surface area contributed by atoms with Gasteiger partial charge in [-0.05, 0) is 63.9 Å². The van der Waals surface area contributed by atoms with E-state index in [-0.39, 0.29) is 38.9 Å². The van der Waals surface area contributed by atoms with Crippen LogP contribution in [0.3, 0.4) is 0 Å². The van der Waals surface area contributed by atoms with E-state index in [0.29, 0.717) is 12.8 Å². The number of fused-ring (bicyclic) bond motifs is 2. The molecule has 0 spiro atoms. The number of phenolic OH excluding ortho intramolecular Hbond substituents is 1. The summed E-state index contributed by atoms with van der Waals surface area (Å²) in [6.07, 6.45) is 2.85. The van der Waals surface area contributed by atoms with Gasteiger partial charge >= 0.3 is 6.03 Å². The highest BCUT2D eigenvalue weighted by atomic mass is 35.5. The fraction of sp³-hybridized carbons (Fsp3) is 0.409. The fourth-order valence-electron chi connectivity index (χ4n) is 4.72. The second-order valence-corrected chi connectivity index (χ2v) is 11.0. The van der Waals surface area contributed by atoms with Gasteiger partial charge < -0.3 is 20.6 Å². The largest absolute Gasteiger partial charge is 0.504 e. The zero-order valence-corrected chi connectivity index (χ0v) is 19.3. The molecule has 0 aliphatic carbocycles. The summed E-state index contributed by atoms with van der Waals surface area (Å²) < 4.78 is 40.6. The van der Waals surface area contributed by atoms with Gasteiger partial charge in [0.1, 0.15) is 10.7 Å². The van der Waals surface area contributed by atoms with Gasteiger partial charge in [-0.15, -0.1) is 0 Å². The van der Waals surface area contributed by atoms with Crippen molar-refractivity contribution in [2.45, 2.75) is 54.8 Å². The number of hydrogen-bond donors (Lipinski definition) is 3. The van der Waals surface area contributed by atoms with Crippen molar-refractivity contribution in [3.8, 4) is 5.75 Å². The van der Waals surface area contributed by atoms with E-state index in [1.807, 2.05) is 7.05 Å². The molecule has 2 fully saturated rings. The average molecular weight is 482 g/mol. The lowest BCUT2D eigenvalue weighted by Crippen LogP contribution is -2.44. The van der Waals surface area contributed by atoms with Crippen molar-refractivity contribution < 1.29 is 22.7 Å². The Balaban J connectivity index is 1.59. The first-order valence-electron chi connectivity index (χ1n) is 10.4. The minimum absolute atomic E-state index is 0.0966. The second kappa shape index (κ2) is 8.53. The first-order chi connectivity index (χ1) is 15.1. The van der Waals surface area contributed by atoms with Crippen LogP contribution in [0.4, 0.5) is 20.6 Å². The molecule has 172 valence electrons. The average Bonchev–Trinajstić information content (AvgIpc) is 2.93. The topological polar surface area (TPSA) is 98.7 Å². The van der Waals surface area contributed by atoms with Gasteiger partial charge in [0.05, 0.1) is 16.0 Å². The molecule has 32 heavy (non-hydrogen) atoms. The van der Waals surface area contributed by atoms with Crippen molar-refractivity contribution in [1.29, 1.82) is 0 Å². The number of sulfone groups is 1. The highest BCUT2D eigenvalue weighted by Crippen LogP contribution is 2.44. The maximum atomic E-state index is 13.7. The molecule has 2 aliphatic heterocycles. The second-order valence-electron chi connectivity index (χ2n) is 8.45. The molecule has 2 aliphatic rings. The van der Waals surface area contributed by atoms with Crippen molar-refractivity contribution in [3.05, 3.63) is 46.7 Å². The zero-order chi connectivity index (χ0) is 23.2. The molecule has 0 radical (unpaired) electrons. The first kappa shape index (κ1) is 22.8. The monoisotopic (exact) mass is 481 g/mol. The number of piperidine rings is 1. The fourth-order valence-corrected chi connectivity index (χ4v) is 7.20. The summed E-state index contributed by atoms with van der Waals surface area (Å²) in [4.78, 5) is 14.3. The summed E-state index contributed by atoms with van der Waals surface area (Å²) in [7, 11) is -1.92. The lowest BCUT2D eigenvalue weighted by Gasteiger charge is -2.36. The van der Waals surface area contributed by atoms with Crippen molar-refractivity contribution in [1.82, 2.24) is 4.90 Å². The predicted octanol–water partition coefficient (Wildman–Crippen LogP) is 4.54. The van der Waals surface area contributed by atoms with E-state index in [2.05, 4.69) is 15.5 Å². The van der Waals surface area contributed by atoms with Crippen LogP contribution >= 0.6 is 11.6 Å². The number of urea groups is 1. The molecule has 2 amide bonds. The van der Waals surface area contributed by atoms with Crippen LogP contribution in [0.5, 0.6) is 5.75 Å². The number of phenols is 1. The summed E-state index contributed by atoms with van der Waals surface area (Å²) in [6, 6.07) is 6.55. The van der Waals surface area contributed by atoms with Gasteiger partial charge in [-0.2, -0.15) is 0 Å². The highest BCUT2D eigenvalue weighted by molar-refractivity contribution is 7.92. The normalized spacial score (nSPS) is 23.2. The molecule has 2 aromatic rings. The molecule has 2 heterocycles. The molecule has 0 saturated carbocycles. The van der Waals surface area contributed by atoms with Gasteiger partial charge in [0.25, 0.3) is 0 Å². The quantitative estimate of drug-likeness (QED) is 0.557. The summed E-state index contributed by atoms with van der Waals surface area (Å²) in [6.45, 7) is 1.52. The van der Waals surface area contributed by atoms with Gasteiger partial charge in [0.15, 0.2) is 15.6 Å². The summed E-state index contributed by atoms with van der Waals surface area (Å²) in [5.74, 6) is -1.08. The Morgan fingerprint density at radius 1 is 1.12 bits per heavy atom. The van der Waals surface area contributed by atoms with Gasteiger partial charge in [0.2, 0.25) is 0 Å². The Hall–Kier alpha value is -2.36. The standard InChI is InChI=1S/C22H25ClFN3O4S/c1-12-17(24)4-3-5-18(12)25-22(29)26-19-9-8-16(23)21(20(19)28)32(30,31)15-10-13-6-7-14(11-15)27(13)2/h3-5,8-9,13-15,28H,6-7,10-11H2,1-2H3,(H2,25,26,29)/t13-,14+,15-. The third-order valence-electron chi connectivity index (χ3n) is 6.63. The molecular formula is C22H25ClFN3O4S. The maximum absolute atomic E-state index is 13.7. The van der Waals surface area contributed by atoms with Gasteiger partial charge in [0, 0.05) is 23.3 Å². The zero-order valence-electron chi connectivity index (χ0n) is 17.7. The number of amides is 2. The number of rotatable bonds is 4. The third-order valence-corrected chi connectivity index (χ3v) is 9.30. The minimum atomic E-state index is -3.93. The predicted molar refractivity (Wildman–Crippen MR) is 122 cm³/mol. The Morgan fingerprint density at radius 3 is 2.41 bits per heavy atom. The van der Waals surface area contributed by atoms with Crippen LogP contribution in [-0.2, 0) is 9.84 Å². The van der Waals surface area contributed by atoms with Crippen LogP contribution in [0, 0.1) is 12.7 Å². The van der Waals surface area contributed by atoms with Crippen molar-refractivity contribution >= 4 is 38.8 Å². The van der Waals surface area contributed by atoms with Gasteiger partial charge in [-0.3, -0.25) is 0 Å². The van der Waals surface area contributed by atoms with Gasteiger partial charge in [-0.1, -0.05) is 17.7 Å². The van der Waals surface area contributed by atoms with Crippen LogP contribution in [0.25, 0.3) is 0 Å². The lowest BCUT2D eigenvalue weighted by atomic mass is 10.0. The smallest absolute Gasteiger partial charge is 0.323 e. The van der Waals surface area contributed by atoms with E-state index in [4.69, 9.17) is 11.6 Å². The number of benzene rings is 2. The Morgan fingerprint density at radius 2 is 1.75 bits per heavy atom. The van der Waals surface area contributed by atoms with E-state index >= 15 is 0 Å². The van der Waals surface area contributed by atoms with Crippen molar-refractivity contribution in [2.75, 3.05) is 17.7 Å². The van der Waals surface area contributed by atoms with Gasteiger partial charge in [-0.25, -0.2) is 17.6 Å². The van der Waals surface area contributed by atoms with Crippen LogP contribution < -0.4 is 10.6 Å². The molecule has 0 unspecified atom stereocenters. The third kappa shape index (κ3) is 4.04. The SMILES string of the molecule is Cc1c(F)cccc1NC(=O)Nc1ccc(Cl)c(S(=O)(=O)[C@@H]2C[C@H]3CC[C@@H](C2)N3C)c1O. The number of nitrogens with zero attached hydrogens (tertiary/aromatic N) is 1. The number of carbonyl (C=O) groups excluding carboxylic acids is 1. The molecule has 7 nitrogen and oxygen atoms in total. The van der Waals surface area contributed by atoms with E-state index in [0.717, 1.165) is 12.8 Å². The number of nitrogens with one attached hydrogen (secondary N) is 2. The van der Waals surface area contributed by atoms with E-state index in [1.165, 1.54) is 37.3 Å². The lowest BCUT2D eigenvalue weighted by molar-refractivity contribution is 0.180. The molecule has 2 bridgehead atoms. The Kier molecular flexibility index (Phi) is 6.08.